The molecule has 1 N–H and O–H groups in total. The number of aryl methyl sites for hydroxylation is 2. The molecule has 7 heteroatoms. The van der Waals surface area contributed by atoms with E-state index in [9.17, 15) is 13.2 Å². The molecule has 1 aliphatic heterocycles. The number of rotatable bonds is 4. The summed E-state index contributed by atoms with van der Waals surface area (Å²) in [6.45, 7) is 5.17. The van der Waals surface area contributed by atoms with E-state index in [0.717, 1.165) is 40.8 Å². The van der Waals surface area contributed by atoms with Gasteiger partial charge in [-0.1, -0.05) is 6.07 Å². The molecule has 0 saturated heterocycles. The van der Waals surface area contributed by atoms with Crippen molar-refractivity contribution in [3.8, 4) is 0 Å². The van der Waals surface area contributed by atoms with Crippen LogP contribution in [-0.2, 0) is 27.8 Å². The molecular formula is C19H22N2O3S2. The number of carbonyl (C=O) groups is 1. The molecule has 0 radical (unpaired) electrons. The summed E-state index contributed by atoms with van der Waals surface area (Å²) < 4.78 is 28.5. The first-order valence-corrected chi connectivity index (χ1v) is 11.1. The average molecular weight is 391 g/mol. The number of sulfonamides is 1. The third-order valence-electron chi connectivity index (χ3n) is 5.11. The van der Waals surface area contributed by atoms with Crippen LogP contribution >= 0.6 is 11.3 Å². The zero-order valence-corrected chi connectivity index (χ0v) is 16.5. The van der Waals surface area contributed by atoms with Crippen LogP contribution in [0.5, 0.6) is 0 Å². The fourth-order valence-electron chi connectivity index (χ4n) is 3.23. The minimum absolute atomic E-state index is 0.199. The summed E-state index contributed by atoms with van der Waals surface area (Å²) in [5, 5.41) is 0. The fraction of sp³-hybridized carbons (Fsp3) is 0.421. The lowest BCUT2D eigenvalue weighted by Gasteiger charge is -2.26. The van der Waals surface area contributed by atoms with Gasteiger partial charge < -0.3 is 4.90 Å². The van der Waals surface area contributed by atoms with Crippen molar-refractivity contribution in [1.29, 1.82) is 0 Å². The van der Waals surface area contributed by atoms with E-state index in [0.29, 0.717) is 23.0 Å². The molecule has 1 aromatic carbocycles. The second-order valence-corrected chi connectivity index (χ2v) is 10.2. The highest BCUT2D eigenvalue weighted by Gasteiger charge is 2.35. The molecular weight excluding hydrogens is 368 g/mol. The Hall–Kier alpha value is -1.86. The second-order valence-electron chi connectivity index (χ2n) is 7.20. The highest BCUT2D eigenvalue weighted by atomic mass is 32.2. The lowest BCUT2D eigenvalue weighted by molar-refractivity contribution is -0.133. The molecule has 1 fully saturated rings. The van der Waals surface area contributed by atoms with E-state index in [1.54, 1.807) is 12.1 Å². The van der Waals surface area contributed by atoms with Crippen molar-refractivity contribution in [1.82, 2.24) is 4.90 Å². The summed E-state index contributed by atoms with van der Waals surface area (Å²) in [5.41, 5.74) is 3.71. The number of amides is 1. The van der Waals surface area contributed by atoms with Gasteiger partial charge in [-0.05, 0) is 68.0 Å². The van der Waals surface area contributed by atoms with Crippen molar-refractivity contribution in [2.75, 3.05) is 11.3 Å². The van der Waals surface area contributed by atoms with Gasteiger partial charge in [0.2, 0.25) is 5.91 Å². The van der Waals surface area contributed by atoms with E-state index >= 15 is 0 Å². The molecule has 0 atom stereocenters. The number of fused-ring (bicyclic) bond motifs is 1. The Labute approximate surface area is 158 Å². The first kappa shape index (κ1) is 17.5. The number of carbonyl (C=O) groups excluding carboxylic acids is 1. The zero-order valence-electron chi connectivity index (χ0n) is 14.9. The van der Waals surface area contributed by atoms with Crippen LogP contribution in [-0.4, -0.2) is 25.8 Å². The highest BCUT2D eigenvalue weighted by molar-refractivity contribution is 7.94. The van der Waals surface area contributed by atoms with E-state index in [1.165, 1.54) is 11.3 Å². The van der Waals surface area contributed by atoms with Gasteiger partial charge >= 0.3 is 0 Å². The highest BCUT2D eigenvalue weighted by Crippen LogP contribution is 2.36. The zero-order chi connectivity index (χ0) is 18.5. The van der Waals surface area contributed by atoms with Crippen LogP contribution in [0.15, 0.2) is 28.5 Å². The summed E-state index contributed by atoms with van der Waals surface area (Å²) in [5.74, 6) is 0.421. The van der Waals surface area contributed by atoms with E-state index < -0.39 is 10.0 Å². The largest absolute Gasteiger partial charge is 0.338 e. The Kier molecular flexibility index (Phi) is 4.31. The Bertz CT molecular complexity index is 975. The Morgan fingerprint density at radius 3 is 2.65 bits per heavy atom. The normalized spacial score (nSPS) is 17.1. The van der Waals surface area contributed by atoms with Gasteiger partial charge in [-0.15, -0.1) is 11.3 Å². The predicted molar refractivity (Wildman–Crippen MR) is 103 cm³/mol. The number of benzene rings is 1. The molecule has 0 bridgehead atoms. The van der Waals surface area contributed by atoms with Crippen LogP contribution in [0.25, 0.3) is 0 Å². The Morgan fingerprint density at radius 1 is 1.19 bits per heavy atom. The number of anilines is 1. The van der Waals surface area contributed by atoms with Crippen molar-refractivity contribution in [3.05, 3.63) is 45.8 Å². The lowest BCUT2D eigenvalue weighted by Crippen LogP contribution is -2.36. The molecule has 2 heterocycles. The predicted octanol–water partition coefficient (Wildman–Crippen LogP) is 3.46. The van der Waals surface area contributed by atoms with Crippen molar-refractivity contribution in [2.24, 2.45) is 5.92 Å². The fourth-order valence-corrected chi connectivity index (χ4v) is 5.82. The van der Waals surface area contributed by atoms with Crippen molar-refractivity contribution >= 4 is 33.0 Å². The van der Waals surface area contributed by atoms with Crippen molar-refractivity contribution in [3.63, 3.8) is 0 Å². The maximum Gasteiger partial charge on any atom is 0.271 e. The van der Waals surface area contributed by atoms with Gasteiger partial charge in [0.1, 0.15) is 4.21 Å². The summed E-state index contributed by atoms with van der Waals surface area (Å²) in [4.78, 5) is 15.2. The second kappa shape index (κ2) is 6.39. The van der Waals surface area contributed by atoms with Crippen LogP contribution in [0.1, 0.15) is 34.4 Å². The molecule has 26 heavy (non-hydrogen) atoms. The third kappa shape index (κ3) is 3.38. The molecule has 0 spiro atoms. The van der Waals surface area contributed by atoms with Crippen molar-refractivity contribution < 1.29 is 13.2 Å². The van der Waals surface area contributed by atoms with E-state index in [4.69, 9.17) is 0 Å². The molecule has 1 aliphatic carbocycles. The smallest absolute Gasteiger partial charge is 0.271 e. The molecule has 1 amide bonds. The van der Waals surface area contributed by atoms with Gasteiger partial charge in [-0.2, -0.15) is 0 Å². The van der Waals surface area contributed by atoms with Crippen LogP contribution in [0.3, 0.4) is 0 Å². The van der Waals surface area contributed by atoms with Gasteiger partial charge in [-0.25, -0.2) is 8.42 Å². The van der Waals surface area contributed by atoms with Gasteiger partial charge in [0.25, 0.3) is 10.0 Å². The average Bonchev–Trinajstić information content (AvgIpc) is 3.35. The van der Waals surface area contributed by atoms with Gasteiger partial charge in [-0.3, -0.25) is 9.52 Å². The maximum atomic E-state index is 12.8. The molecule has 2 aliphatic rings. The minimum atomic E-state index is -3.61. The standard InChI is InChI=1S/C19H22N2O3S2/c1-12-3-6-16(9-13(12)2)20-26(23,24)18-10-15-11-21(8-7-17(15)25-18)19(22)14-4-5-14/h3,6,9-10,14,20H,4-5,7-8,11H2,1-2H3. The third-order valence-corrected chi connectivity index (χ3v) is 8.20. The van der Waals surface area contributed by atoms with Gasteiger partial charge in [0.05, 0.1) is 0 Å². The molecule has 4 rings (SSSR count). The maximum absolute atomic E-state index is 12.8. The quantitative estimate of drug-likeness (QED) is 0.869. The number of hydrogen-bond donors (Lipinski definition) is 1. The van der Waals surface area contributed by atoms with E-state index in [1.807, 2.05) is 30.9 Å². The molecule has 5 nitrogen and oxygen atoms in total. The van der Waals surface area contributed by atoms with Crippen molar-refractivity contribution in [2.45, 2.75) is 43.9 Å². The van der Waals surface area contributed by atoms with Crippen LogP contribution in [0.4, 0.5) is 5.69 Å². The van der Waals surface area contributed by atoms with Crippen LogP contribution in [0.2, 0.25) is 0 Å². The monoisotopic (exact) mass is 390 g/mol. The first-order chi connectivity index (χ1) is 12.3. The summed E-state index contributed by atoms with van der Waals surface area (Å²) in [6.07, 6.45) is 2.72. The first-order valence-electron chi connectivity index (χ1n) is 8.84. The molecule has 1 saturated carbocycles. The van der Waals surface area contributed by atoms with Crippen LogP contribution < -0.4 is 4.72 Å². The molecule has 2 aromatic rings. The number of nitrogens with one attached hydrogen (secondary N) is 1. The lowest BCUT2D eigenvalue weighted by atomic mass is 10.1. The van der Waals surface area contributed by atoms with Crippen LogP contribution in [0, 0.1) is 19.8 Å². The van der Waals surface area contributed by atoms with E-state index in [-0.39, 0.29) is 11.8 Å². The van der Waals surface area contributed by atoms with Gasteiger partial charge in [0.15, 0.2) is 0 Å². The molecule has 1 aromatic heterocycles. The molecule has 138 valence electrons. The summed E-state index contributed by atoms with van der Waals surface area (Å²) >= 11 is 1.32. The topological polar surface area (TPSA) is 66.5 Å². The van der Waals surface area contributed by atoms with E-state index in [2.05, 4.69) is 4.72 Å². The Balaban J connectivity index is 1.54. The summed E-state index contributed by atoms with van der Waals surface area (Å²) in [6, 6.07) is 7.27. The minimum Gasteiger partial charge on any atom is -0.338 e. The summed E-state index contributed by atoms with van der Waals surface area (Å²) in [7, 11) is -3.61. The number of thiophene rings is 1. The number of nitrogens with zero attached hydrogens (tertiary/aromatic N) is 1. The number of hydrogen-bond acceptors (Lipinski definition) is 4. The SMILES string of the molecule is Cc1ccc(NS(=O)(=O)c2cc3c(s2)CCN(C(=O)C2CC2)C3)cc1C. The Morgan fingerprint density at radius 2 is 1.96 bits per heavy atom. The molecule has 0 unspecified atom stereocenters. The van der Waals surface area contributed by atoms with Gasteiger partial charge in [0, 0.05) is 29.6 Å².